The Morgan fingerprint density at radius 2 is 1.86 bits per heavy atom. The molecule has 2 aliphatic carbocycles. The van der Waals surface area contributed by atoms with E-state index in [4.69, 9.17) is 9.47 Å². The Morgan fingerprint density at radius 3 is 2.58 bits per heavy atom. The molecule has 2 amide bonds. The molecular weight excluding hydrogens is 587 g/mol. The number of benzene rings is 1. The molecule has 0 bridgehead atoms. The highest BCUT2D eigenvalue weighted by Crippen LogP contribution is 2.40. The Kier molecular flexibility index (Phi) is 10.4. The number of nitrogens with zero attached hydrogens (tertiary/aromatic N) is 3. The summed E-state index contributed by atoms with van der Waals surface area (Å²) in [5.74, 6) is 0.738. The zero-order chi connectivity index (χ0) is 30.3. The van der Waals surface area contributed by atoms with Gasteiger partial charge in [0.05, 0.1) is 37.5 Å². The Bertz CT molecular complexity index is 1450. The highest BCUT2D eigenvalue weighted by molar-refractivity contribution is 8.00. The first-order valence-corrected chi connectivity index (χ1v) is 16.7. The second-order valence-electron chi connectivity index (χ2n) is 10.9. The van der Waals surface area contributed by atoms with Gasteiger partial charge >= 0.3 is 5.97 Å². The first-order chi connectivity index (χ1) is 20.9. The van der Waals surface area contributed by atoms with Gasteiger partial charge in [-0.1, -0.05) is 43.2 Å². The third-order valence-corrected chi connectivity index (χ3v) is 10.2. The molecule has 12 heteroatoms. The number of ether oxygens (including phenoxy) is 2. The number of nitrogens with one attached hydrogen (secondary N) is 2. The molecule has 0 saturated heterocycles. The second kappa shape index (κ2) is 14.4. The molecule has 0 radical (unpaired) electrons. The van der Waals surface area contributed by atoms with Crippen LogP contribution in [0.1, 0.15) is 90.6 Å². The number of anilines is 1. The number of fused-ring (bicyclic) bond motifs is 1. The molecule has 1 fully saturated rings. The van der Waals surface area contributed by atoms with Crippen LogP contribution in [0.2, 0.25) is 0 Å². The average Bonchev–Trinajstić information content (AvgIpc) is 3.71. The SMILES string of the molecule is CCOC(=O)c1c(NC(=O)C(C)Sc2nnc(CNC(=O)Cc3ccc(OC)cc3)n2C2CCCCC2)sc2c1CCC2. The molecule has 10 nitrogen and oxygen atoms in total. The lowest BCUT2D eigenvalue weighted by Crippen LogP contribution is -2.28. The fraction of sp³-hybridized carbons (Fsp3) is 0.516. The summed E-state index contributed by atoms with van der Waals surface area (Å²) in [5, 5.41) is 15.7. The Hall–Kier alpha value is -3.38. The first kappa shape index (κ1) is 31.1. The van der Waals surface area contributed by atoms with Crippen molar-refractivity contribution in [1.29, 1.82) is 0 Å². The molecule has 5 rings (SSSR count). The van der Waals surface area contributed by atoms with Crippen LogP contribution < -0.4 is 15.4 Å². The Labute approximate surface area is 260 Å². The quantitative estimate of drug-likeness (QED) is 0.200. The van der Waals surface area contributed by atoms with Crippen molar-refractivity contribution in [2.24, 2.45) is 0 Å². The monoisotopic (exact) mass is 625 g/mol. The summed E-state index contributed by atoms with van der Waals surface area (Å²) in [6.07, 6.45) is 8.43. The molecule has 1 atom stereocenters. The maximum Gasteiger partial charge on any atom is 0.341 e. The van der Waals surface area contributed by atoms with E-state index in [0.717, 1.165) is 66.7 Å². The van der Waals surface area contributed by atoms with Gasteiger partial charge in [0.15, 0.2) is 11.0 Å². The molecule has 2 aliphatic rings. The highest BCUT2D eigenvalue weighted by atomic mass is 32.2. The normalized spacial score (nSPS) is 15.5. The summed E-state index contributed by atoms with van der Waals surface area (Å²) in [6.45, 7) is 4.15. The number of carbonyl (C=O) groups is 3. The van der Waals surface area contributed by atoms with Crippen molar-refractivity contribution in [1.82, 2.24) is 20.1 Å². The third kappa shape index (κ3) is 7.41. The van der Waals surface area contributed by atoms with E-state index in [1.54, 1.807) is 14.0 Å². The van der Waals surface area contributed by atoms with Crippen LogP contribution in [0.3, 0.4) is 0 Å². The number of thiophene rings is 1. The van der Waals surface area contributed by atoms with Crippen LogP contribution in [0.4, 0.5) is 5.00 Å². The summed E-state index contributed by atoms with van der Waals surface area (Å²) in [5.41, 5.74) is 2.41. The van der Waals surface area contributed by atoms with Crippen LogP contribution >= 0.6 is 23.1 Å². The van der Waals surface area contributed by atoms with Gasteiger partial charge in [0.25, 0.3) is 0 Å². The maximum atomic E-state index is 13.4. The Morgan fingerprint density at radius 1 is 1.09 bits per heavy atom. The van der Waals surface area contributed by atoms with Gasteiger partial charge in [-0.2, -0.15) is 0 Å². The minimum Gasteiger partial charge on any atom is -0.497 e. The maximum absolute atomic E-state index is 13.4. The molecule has 0 spiro atoms. The molecule has 2 heterocycles. The zero-order valence-electron chi connectivity index (χ0n) is 24.9. The number of esters is 1. The van der Waals surface area contributed by atoms with Crippen molar-refractivity contribution >= 4 is 45.9 Å². The van der Waals surface area contributed by atoms with Crippen molar-refractivity contribution in [2.45, 2.75) is 94.6 Å². The topological polar surface area (TPSA) is 124 Å². The van der Waals surface area contributed by atoms with Crippen molar-refractivity contribution in [3.63, 3.8) is 0 Å². The smallest absolute Gasteiger partial charge is 0.341 e. The van der Waals surface area contributed by atoms with Crippen LogP contribution in [0, 0.1) is 0 Å². The van der Waals surface area contributed by atoms with E-state index in [1.165, 1.54) is 29.5 Å². The fourth-order valence-electron chi connectivity index (χ4n) is 5.72. The fourth-order valence-corrected chi connectivity index (χ4v) is 7.94. The number of carbonyl (C=O) groups excluding carboxylic acids is 3. The summed E-state index contributed by atoms with van der Waals surface area (Å²) in [6, 6.07) is 7.65. The highest BCUT2D eigenvalue weighted by Gasteiger charge is 2.30. The first-order valence-electron chi connectivity index (χ1n) is 15.0. The third-order valence-electron chi connectivity index (χ3n) is 7.93. The lowest BCUT2D eigenvalue weighted by atomic mass is 9.95. The molecule has 1 unspecified atom stereocenters. The number of amides is 2. The van der Waals surface area contributed by atoms with Crippen LogP contribution in [-0.2, 0) is 40.1 Å². The van der Waals surface area contributed by atoms with Crippen molar-refractivity contribution in [3.8, 4) is 5.75 Å². The zero-order valence-corrected chi connectivity index (χ0v) is 26.6. The molecule has 3 aromatic rings. The molecule has 1 aromatic carbocycles. The van der Waals surface area contributed by atoms with Gasteiger partial charge in [-0.05, 0) is 69.2 Å². The minimum absolute atomic E-state index is 0.106. The van der Waals surface area contributed by atoms with Gasteiger partial charge in [-0.3, -0.25) is 9.59 Å². The number of hydrogen-bond acceptors (Lipinski definition) is 9. The predicted octanol–water partition coefficient (Wildman–Crippen LogP) is 5.50. The number of thioether (sulfide) groups is 1. The molecule has 0 aliphatic heterocycles. The number of methoxy groups -OCH3 is 1. The minimum atomic E-state index is -0.490. The summed E-state index contributed by atoms with van der Waals surface area (Å²) >= 11 is 2.82. The molecule has 1 saturated carbocycles. The number of aryl methyl sites for hydroxylation is 1. The molecular formula is C31H39N5O5S2. The standard InChI is InChI=1S/C31H39N5O5S2/c1-4-41-30(39)27-23-11-8-12-24(23)43-29(27)33-28(38)19(2)42-31-35-34-25(36(31)21-9-6-5-7-10-21)18-32-26(37)17-20-13-15-22(40-3)16-14-20/h13-16,19,21H,4-12,17-18H2,1-3H3,(H,32,37)(H,33,38). The summed E-state index contributed by atoms with van der Waals surface area (Å²) < 4.78 is 12.6. The largest absolute Gasteiger partial charge is 0.497 e. The number of hydrogen-bond donors (Lipinski definition) is 2. The van der Waals surface area contributed by atoms with E-state index < -0.39 is 5.25 Å². The molecule has 2 aromatic heterocycles. The van der Waals surface area contributed by atoms with E-state index in [2.05, 4.69) is 25.4 Å². The number of rotatable bonds is 12. The van der Waals surface area contributed by atoms with Crippen LogP contribution in [0.5, 0.6) is 5.75 Å². The lowest BCUT2D eigenvalue weighted by molar-refractivity contribution is -0.120. The van der Waals surface area contributed by atoms with Crippen molar-refractivity contribution < 1.29 is 23.9 Å². The van der Waals surface area contributed by atoms with E-state index in [0.29, 0.717) is 21.5 Å². The van der Waals surface area contributed by atoms with Gasteiger partial charge in [0.1, 0.15) is 10.8 Å². The summed E-state index contributed by atoms with van der Waals surface area (Å²) in [7, 11) is 1.61. The van der Waals surface area contributed by atoms with E-state index >= 15 is 0 Å². The molecule has 2 N–H and O–H groups in total. The van der Waals surface area contributed by atoms with Gasteiger partial charge in [0, 0.05) is 10.9 Å². The van der Waals surface area contributed by atoms with E-state index in [9.17, 15) is 14.4 Å². The summed E-state index contributed by atoms with van der Waals surface area (Å²) in [4.78, 5) is 40.1. The van der Waals surface area contributed by atoms with Crippen LogP contribution in [-0.4, -0.2) is 51.5 Å². The molecule has 43 heavy (non-hydrogen) atoms. The Balaban J connectivity index is 1.27. The van der Waals surface area contributed by atoms with E-state index in [1.807, 2.05) is 31.2 Å². The second-order valence-corrected chi connectivity index (χ2v) is 13.3. The molecule has 230 valence electrons. The number of aromatic nitrogens is 3. The van der Waals surface area contributed by atoms with Crippen molar-refractivity contribution in [2.75, 3.05) is 19.0 Å². The van der Waals surface area contributed by atoms with Crippen LogP contribution in [0.25, 0.3) is 0 Å². The van der Waals surface area contributed by atoms with Gasteiger partial charge < -0.3 is 24.7 Å². The van der Waals surface area contributed by atoms with Gasteiger partial charge in [0.2, 0.25) is 11.8 Å². The average molecular weight is 626 g/mol. The van der Waals surface area contributed by atoms with Gasteiger partial charge in [-0.25, -0.2) is 4.79 Å². The predicted molar refractivity (Wildman–Crippen MR) is 167 cm³/mol. The van der Waals surface area contributed by atoms with Crippen LogP contribution in [0.15, 0.2) is 29.4 Å². The van der Waals surface area contributed by atoms with Crippen molar-refractivity contribution in [3.05, 3.63) is 51.7 Å². The van der Waals surface area contributed by atoms with Gasteiger partial charge in [-0.15, -0.1) is 21.5 Å². The van der Waals surface area contributed by atoms with E-state index in [-0.39, 0.29) is 43.4 Å². The lowest BCUT2D eigenvalue weighted by Gasteiger charge is -2.26.